The number of piperazine rings is 1. The summed E-state index contributed by atoms with van der Waals surface area (Å²) in [5, 5.41) is 30.1. The third-order valence-electron chi connectivity index (χ3n) is 7.95. The van der Waals surface area contributed by atoms with Crippen LogP contribution >= 0.6 is 11.8 Å². The summed E-state index contributed by atoms with van der Waals surface area (Å²) in [5.41, 5.74) is 5.78. The molecule has 39 heavy (non-hydrogen) atoms. The van der Waals surface area contributed by atoms with Gasteiger partial charge < -0.3 is 36.6 Å². The molecule has 7 atom stereocenters. The van der Waals surface area contributed by atoms with Gasteiger partial charge in [-0.05, 0) is 23.8 Å². The summed E-state index contributed by atoms with van der Waals surface area (Å²) < 4.78 is 1.28. The van der Waals surface area contributed by atoms with E-state index in [1.165, 1.54) is 27.7 Å². The van der Waals surface area contributed by atoms with Gasteiger partial charge in [-0.15, -0.1) is 16.9 Å². The van der Waals surface area contributed by atoms with Gasteiger partial charge in [0.25, 0.3) is 0 Å². The fraction of sp³-hybridized carbons (Fsp3) is 0.696. The predicted octanol–water partition coefficient (Wildman–Crippen LogP) is -2.83. The first-order chi connectivity index (χ1) is 18.7. The molecule has 3 saturated heterocycles. The van der Waals surface area contributed by atoms with Gasteiger partial charge in [0.05, 0.1) is 18.0 Å². The van der Waals surface area contributed by atoms with Crippen LogP contribution in [0.1, 0.15) is 20.3 Å². The van der Waals surface area contributed by atoms with E-state index in [4.69, 9.17) is 5.73 Å². The number of aliphatic carboxylic acids is 1. The van der Waals surface area contributed by atoms with Crippen LogP contribution in [0.4, 0.5) is 0 Å². The quantitative estimate of drug-likeness (QED) is 0.194. The van der Waals surface area contributed by atoms with E-state index >= 15 is 0 Å². The van der Waals surface area contributed by atoms with Gasteiger partial charge in [-0.2, -0.15) is 0 Å². The van der Waals surface area contributed by atoms with Crippen molar-refractivity contribution >= 4 is 35.5 Å². The number of amides is 3. The molecule has 0 aliphatic carbocycles. The Hall–Kier alpha value is -3.08. The van der Waals surface area contributed by atoms with Crippen molar-refractivity contribution in [3.05, 3.63) is 16.9 Å². The largest absolute Gasteiger partial charge is 0.477 e. The Balaban J connectivity index is 1.22. The minimum atomic E-state index is -1.15. The highest BCUT2D eigenvalue weighted by Gasteiger charge is 2.60. The van der Waals surface area contributed by atoms with Crippen molar-refractivity contribution in [1.29, 1.82) is 0 Å². The number of rotatable bonds is 9. The lowest BCUT2D eigenvalue weighted by atomic mass is 9.78. The van der Waals surface area contributed by atoms with Crippen molar-refractivity contribution in [2.75, 3.05) is 32.7 Å². The standard InChI is InChI=1S/C23H34N10O5S/c1-11-18-17(12(2)28-16(34)9-32-10-27-29-30-32)22(36)33(18)19(23(37)38)20(11)39-14-5-15(26-7-14)21(35)31-4-3-25-13(6-24)8-31/h10-15,17-18,25-26H,3-9,24H2,1-2H3,(H,28,34)(H,37,38)/t11-,12-,13?,14+,15+,17-,18-/m1/s1. The second-order valence-electron chi connectivity index (χ2n) is 10.5. The number of carbonyl (C=O) groups excluding carboxylic acids is 3. The smallest absolute Gasteiger partial charge is 0.353 e. The lowest BCUT2D eigenvalue weighted by Crippen LogP contribution is -2.66. The maximum absolute atomic E-state index is 13.1. The molecule has 1 aromatic heterocycles. The Labute approximate surface area is 229 Å². The molecule has 4 aliphatic heterocycles. The van der Waals surface area contributed by atoms with Gasteiger partial charge in [0.15, 0.2) is 0 Å². The van der Waals surface area contributed by atoms with E-state index in [9.17, 15) is 24.3 Å². The number of fused-ring (bicyclic) bond motifs is 1. The first-order valence-electron chi connectivity index (χ1n) is 13.1. The van der Waals surface area contributed by atoms with Gasteiger partial charge in [-0.25, -0.2) is 9.48 Å². The lowest BCUT2D eigenvalue weighted by Gasteiger charge is -2.47. The molecule has 3 amide bonds. The summed E-state index contributed by atoms with van der Waals surface area (Å²) in [7, 11) is 0. The van der Waals surface area contributed by atoms with Crippen LogP contribution in [0.2, 0.25) is 0 Å². The van der Waals surface area contributed by atoms with Gasteiger partial charge >= 0.3 is 5.97 Å². The summed E-state index contributed by atoms with van der Waals surface area (Å²) in [6, 6.07) is -1.13. The Morgan fingerprint density at radius 3 is 2.82 bits per heavy atom. The molecule has 1 aromatic rings. The fourth-order valence-electron chi connectivity index (χ4n) is 6.05. The molecule has 15 nitrogen and oxygen atoms in total. The van der Waals surface area contributed by atoms with Crippen molar-refractivity contribution in [1.82, 2.24) is 46.0 Å². The van der Waals surface area contributed by atoms with E-state index in [1.54, 1.807) is 6.92 Å². The number of tetrazole rings is 1. The molecule has 212 valence electrons. The summed E-state index contributed by atoms with van der Waals surface area (Å²) in [5.74, 6) is -2.56. The molecule has 4 aliphatic rings. The maximum atomic E-state index is 13.1. The zero-order chi connectivity index (χ0) is 27.8. The molecule has 16 heteroatoms. The minimum Gasteiger partial charge on any atom is -0.477 e. The van der Waals surface area contributed by atoms with Gasteiger partial charge in [-0.3, -0.25) is 14.4 Å². The van der Waals surface area contributed by atoms with Crippen LogP contribution in [0, 0.1) is 11.8 Å². The van der Waals surface area contributed by atoms with E-state index < -0.39 is 17.9 Å². The Kier molecular flexibility index (Phi) is 7.89. The second-order valence-corrected chi connectivity index (χ2v) is 11.8. The number of β-lactam (4-membered cyclic amide) rings is 1. The molecule has 0 spiro atoms. The van der Waals surface area contributed by atoms with Gasteiger partial charge in [0.2, 0.25) is 17.7 Å². The number of hydrogen-bond acceptors (Lipinski definition) is 11. The van der Waals surface area contributed by atoms with Crippen molar-refractivity contribution in [2.45, 2.75) is 56.2 Å². The van der Waals surface area contributed by atoms with E-state index in [0.717, 1.165) is 0 Å². The number of nitrogens with one attached hydrogen (secondary N) is 3. The average molecular weight is 563 g/mol. The third-order valence-corrected chi connectivity index (χ3v) is 9.46. The Morgan fingerprint density at radius 1 is 1.33 bits per heavy atom. The van der Waals surface area contributed by atoms with E-state index in [0.29, 0.717) is 44.0 Å². The number of carboxylic acid groups (broad SMARTS) is 1. The predicted molar refractivity (Wildman–Crippen MR) is 139 cm³/mol. The summed E-state index contributed by atoms with van der Waals surface area (Å²) in [6.45, 7) is 6.50. The van der Waals surface area contributed by atoms with Crippen LogP contribution in [-0.2, 0) is 25.7 Å². The third kappa shape index (κ3) is 5.25. The number of hydrogen-bond donors (Lipinski definition) is 5. The van der Waals surface area contributed by atoms with Gasteiger partial charge in [0.1, 0.15) is 18.6 Å². The molecule has 5 rings (SSSR count). The van der Waals surface area contributed by atoms with E-state index in [-0.39, 0.29) is 59.3 Å². The van der Waals surface area contributed by atoms with Crippen LogP contribution in [0.5, 0.6) is 0 Å². The number of carbonyl (C=O) groups is 4. The highest BCUT2D eigenvalue weighted by molar-refractivity contribution is 8.03. The van der Waals surface area contributed by atoms with Crippen LogP contribution in [0.3, 0.4) is 0 Å². The molecule has 1 unspecified atom stereocenters. The molecular weight excluding hydrogens is 528 g/mol. The topological polar surface area (TPSA) is 201 Å². The maximum Gasteiger partial charge on any atom is 0.353 e. The molecule has 0 radical (unpaired) electrons. The minimum absolute atomic E-state index is 0.00800. The first kappa shape index (κ1) is 27.5. The zero-order valence-electron chi connectivity index (χ0n) is 21.8. The Bertz CT molecular complexity index is 1160. The molecule has 6 N–H and O–H groups in total. The number of aromatic nitrogens is 4. The average Bonchev–Trinajstić information content (AvgIpc) is 3.64. The second kappa shape index (κ2) is 11.2. The number of nitrogens with zero attached hydrogens (tertiary/aromatic N) is 6. The lowest BCUT2D eigenvalue weighted by molar-refractivity contribution is -0.158. The van der Waals surface area contributed by atoms with Crippen molar-refractivity contribution < 1.29 is 24.3 Å². The molecular formula is C23H34N10O5S. The summed E-state index contributed by atoms with van der Waals surface area (Å²) in [6.07, 6.45) is 1.89. The molecule has 0 saturated carbocycles. The van der Waals surface area contributed by atoms with Gasteiger partial charge in [0, 0.05) is 60.9 Å². The summed E-state index contributed by atoms with van der Waals surface area (Å²) in [4.78, 5) is 54.8. The van der Waals surface area contributed by atoms with Crippen molar-refractivity contribution in [3.8, 4) is 0 Å². The number of thioether (sulfide) groups is 1. The SMILES string of the molecule is C[C@@H](NC(=O)Cn1cnnn1)[C@H]1C(=O)N2C(C(=O)O)=C(S[C@@H]3CN[C@H](C(=O)N4CCNC(CN)C4)C3)[C@H](C)[C@H]12. The normalized spacial score (nSPS) is 31.2. The molecule has 5 heterocycles. The molecule has 0 aromatic carbocycles. The van der Waals surface area contributed by atoms with Crippen molar-refractivity contribution in [2.24, 2.45) is 17.6 Å². The van der Waals surface area contributed by atoms with Crippen LogP contribution in [-0.4, -0.2) is 121 Å². The Morgan fingerprint density at radius 2 is 2.13 bits per heavy atom. The van der Waals surface area contributed by atoms with Crippen molar-refractivity contribution in [3.63, 3.8) is 0 Å². The highest BCUT2D eigenvalue weighted by atomic mass is 32.2. The molecule has 3 fully saturated rings. The highest BCUT2D eigenvalue weighted by Crippen LogP contribution is 2.51. The number of carboxylic acids is 1. The number of nitrogens with two attached hydrogens (primary N) is 1. The zero-order valence-corrected chi connectivity index (χ0v) is 22.6. The summed E-state index contributed by atoms with van der Waals surface area (Å²) >= 11 is 1.44. The molecule has 0 bridgehead atoms. The fourth-order valence-corrected chi connectivity index (χ4v) is 7.53. The van der Waals surface area contributed by atoms with Crippen LogP contribution in [0.25, 0.3) is 0 Å². The van der Waals surface area contributed by atoms with Gasteiger partial charge in [-0.1, -0.05) is 6.92 Å². The first-order valence-corrected chi connectivity index (χ1v) is 14.0. The van der Waals surface area contributed by atoms with E-state index in [2.05, 4.69) is 31.5 Å². The monoisotopic (exact) mass is 562 g/mol. The van der Waals surface area contributed by atoms with Crippen LogP contribution in [0.15, 0.2) is 16.9 Å². The van der Waals surface area contributed by atoms with Crippen LogP contribution < -0.4 is 21.7 Å². The van der Waals surface area contributed by atoms with E-state index in [1.807, 2.05) is 11.8 Å².